The van der Waals surface area contributed by atoms with Crippen molar-refractivity contribution in [2.45, 2.75) is 6.54 Å². The third-order valence-corrected chi connectivity index (χ3v) is 8.33. The predicted octanol–water partition coefficient (Wildman–Crippen LogP) is 7.30. The van der Waals surface area contributed by atoms with Gasteiger partial charge in [0, 0.05) is 35.0 Å². The Labute approximate surface area is 235 Å². The van der Waals surface area contributed by atoms with Crippen molar-refractivity contribution in [3.05, 3.63) is 157 Å². The van der Waals surface area contributed by atoms with Crippen molar-refractivity contribution in [2.24, 2.45) is 0 Å². The first-order valence-corrected chi connectivity index (χ1v) is 13.9. The summed E-state index contributed by atoms with van der Waals surface area (Å²) in [5, 5.41) is 0. The van der Waals surface area contributed by atoms with Crippen LogP contribution in [0.2, 0.25) is 0 Å². The van der Waals surface area contributed by atoms with Gasteiger partial charge in [-0.05, 0) is 70.1 Å². The van der Waals surface area contributed by atoms with E-state index >= 15 is 0 Å². The summed E-state index contributed by atoms with van der Waals surface area (Å²) in [4.78, 5) is 4.98. The minimum absolute atomic E-state index is 0.135. The van der Waals surface area contributed by atoms with Gasteiger partial charge in [-0.1, -0.05) is 115 Å². The van der Waals surface area contributed by atoms with Crippen LogP contribution in [0.25, 0.3) is 11.1 Å². The average molecular weight is 510 g/mol. The molecule has 0 aliphatic carbocycles. The quantitative estimate of drug-likeness (QED) is 0.230. The van der Waals surface area contributed by atoms with Crippen molar-refractivity contribution in [1.82, 2.24) is 0 Å². The topological polar surface area (TPSA) is 6.48 Å². The minimum atomic E-state index is 0.135. The van der Waals surface area contributed by atoms with Gasteiger partial charge in [-0.2, -0.15) is 0 Å². The number of benzene rings is 6. The first-order valence-electron chi connectivity index (χ1n) is 13.9. The summed E-state index contributed by atoms with van der Waals surface area (Å²) in [6, 6.07) is 55.2. The third-order valence-electron chi connectivity index (χ3n) is 8.33. The Balaban J connectivity index is 1.52. The summed E-state index contributed by atoms with van der Waals surface area (Å²) in [5.74, 6) is 0. The normalized spacial score (nSPS) is 13.2. The van der Waals surface area contributed by atoms with E-state index in [0.29, 0.717) is 0 Å². The summed E-state index contributed by atoms with van der Waals surface area (Å²) >= 11 is 0. The molecule has 3 heteroatoms. The highest BCUT2D eigenvalue weighted by molar-refractivity contribution is 6.99. The fraction of sp³-hybridized carbons (Fsp3) is 0.0270. The Morgan fingerprint density at radius 3 is 1.77 bits per heavy atom. The molecule has 0 saturated heterocycles. The molecule has 2 aliphatic heterocycles. The number of nitrogens with zero attached hydrogens (tertiary/aromatic N) is 2. The third kappa shape index (κ3) is 3.59. The van der Waals surface area contributed by atoms with Crippen molar-refractivity contribution < 1.29 is 0 Å². The van der Waals surface area contributed by atoms with Crippen LogP contribution in [0.3, 0.4) is 0 Å². The summed E-state index contributed by atoms with van der Waals surface area (Å²) in [5.41, 5.74) is 14.0. The van der Waals surface area contributed by atoms with E-state index in [1.165, 1.54) is 61.5 Å². The van der Waals surface area contributed by atoms with Crippen molar-refractivity contribution in [3.63, 3.8) is 0 Å². The summed E-state index contributed by atoms with van der Waals surface area (Å²) in [7, 11) is 0. The van der Waals surface area contributed by atoms with Gasteiger partial charge in [0.05, 0.1) is 0 Å². The fourth-order valence-corrected chi connectivity index (χ4v) is 6.58. The van der Waals surface area contributed by atoms with Gasteiger partial charge in [-0.3, -0.25) is 0 Å². The van der Waals surface area contributed by atoms with E-state index in [2.05, 4.69) is 161 Å². The summed E-state index contributed by atoms with van der Waals surface area (Å²) in [6.45, 7) is 0.949. The number of anilines is 5. The van der Waals surface area contributed by atoms with Crippen molar-refractivity contribution in [2.75, 3.05) is 9.80 Å². The molecule has 0 N–H and O–H groups in total. The molecule has 0 radical (unpaired) electrons. The Morgan fingerprint density at radius 1 is 0.450 bits per heavy atom. The number of hydrogen-bond acceptors (Lipinski definition) is 2. The maximum atomic E-state index is 2.52. The number of fused-ring (bicyclic) bond motifs is 4. The first-order chi connectivity index (χ1) is 19.9. The lowest BCUT2D eigenvalue weighted by Crippen LogP contribution is -2.57. The number of hydrogen-bond donors (Lipinski definition) is 0. The molecule has 2 aliphatic rings. The van der Waals surface area contributed by atoms with Gasteiger partial charge in [0.15, 0.2) is 0 Å². The van der Waals surface area contributed by atoms with E-state index in [1.807, 2.05) is 0 Å². The van der Waals surface area contributed by atoms with Gasteiger partial charge in [0.1, 0.15) is 0 Å². The lowest BCUT2D eigenvalue weighted by molar-refractivity contribution is 0.988. The molecule has 0 fully saturated rings. The molecule has 6 aromatic carbocycles. The Morgan fingerprint density at radius 2 is 1.02 bits per heavy atom. The summed E-state index contributed by atoms with van der Waals surface area (Å²) < 4.78 is 0. The van der Waals surface area contributed by atoms with Gasteiger partial charge in [-0.15, -0.1) is 0 Å². The molecule has 8 rings (SSSR count). The predicted molar refractivity (Wildman–Crippen MR) is 170 cm³/mol. The first kappa shape index (κ1) is 22.9. The molecule has 0 atom stereocenters. The molecule has 0 unspecified atom stereocenters. The Hall–Kier alpha value is -5.02. The second-order valence-electron chi connectivity index (χ2n) is 10.6. The van der Waals surface area contributed by atoms with Crippen LogP contribution in [-0.4, -0.2) is 6.71 Å². The summed E-state index contributed by atoms with van der Waals surface area (Å²) in [6.07, 6.45) is 0. The molecule has 0 spiro atoms. The van der Waals surface area contributed by atoms with E-state index < -0.39 is 0 Å². The molecule has 0 amide bonds. The number of rotatable bonds is 3. The van der Waals surface area contributed by atoms with E-state index in [0.717, 1.165) is 6.54 Å². The molecule has 0 bridgehead atoms. The maximum absolute atomic E-state index is 2.52. The molecule has 2 heterocycles. The van der Waals surface area contributed by atoms with Gasteiger partial charge >= 0.3 is 0 Å². The van der Waals surface area contributed by atoms with Gasteiger partial charge in [0.25, 0.3) is 0 Å². The highest BCUT2D eigenvalue weighted by Crippen LogP contribution is 2.42. The van der Waals surface area contributed by atoms with Gasteiger partial charge in [-0.25, -0.2) is 0 Å². The molecule has 188 valence electrons. The van der Waals surface area contributed by atoms with Crippen molar-refractivity contribution in [3.8, 4) is 11.1 Å². The van der Waals surface area contributed by atoms with Crippen LogP contribution in [-0.2, 0) is 6.54 Å². The molecular formula is C37H27BN2. The van der Waals surface area contributed by atoms with Crippen LogP contribution in [0.5, 0.6) is 0 Å². The monoisotopic (exact) mass is 510 g/mol. The van der Waals surface area contributed by atoms with Crippen molar-refractivity contribution in [1.29, 1.82) is 0 Å². The van der Waals surface area contributed by atoms with Crippen LogP contribution >= 0.6 is 0 Å². The van der Waals surface area contributed by atoms with Crippen LogP contribution in [0.1, 0.15) is 5.56 Å². The van der Waals surface area contributed by atoms with E-state index in [9.17, 15) is 0 Å². The molecule has 6 aromatic rings. The van der Waals surface area contributed by atoms with Crippen LogP contribution in [0.4, 0.5) is 28.4 Å². The largest absolute Gasteiger partial charge is 0.337 e. The van der Waals surface area contributed by atoms with Crippen LogP contribution in [0, 0.1) is 0 Å². The van der Waals surface area contributed by atoms with Crippen LogP contribution in [0.15, 0.2) is 152 Å². The van der Waals surface area contributed by atoms with Crippen LogP contribution < -0.4 is 26.2 Å². The van der Waals surface area contributed by atoms with E-state index in [-0.39, 0.29) is 6.71 Å². The molecule has 2 nitrogen and oxygen atoms in total. The van der Waals surface area contributed by atoms with E-state index in [1.54, 1.807) is 0 Å². The zero-order valence-corrected chi connectivity index (χ0v) is 22.1. The SMILES string of the molecule is c1ccc(-c2cc3c4c(c2)N(c2ccccc2)c2ccccc2B4c2ccccc2CN3c2ccccc2)cc1. The van der Waals surface area contributed by atoms with E-state index in [4.69, 9.17) is 0 Å². The lowest BCUT2D eigenvalue weighted by Gasteiger charge is -2.39. The zero-order chi connectivity index (χ0) is 26.5. The minimum Gasteiger partial charge on any atom is -0.337 e. The van der Waals surface area contributed by atoms with Crippen molar-refractivity contribution >= 4 is 51.5 Å². The smallest absolute Gasteiger partial charge is 0.249 e. The second kappa shape index (κ2) is 9.32. The second-order valence-corrected chi connectivity index (χ2v) is 10.6. The van der Waals surface area contributed by atoms with Gasteiger partial charge < -0.3 is 9.80 Å². The Kier molecular flexibility index (Phi) is 5.34. The highest BCUT2D eigenvalue weighted by atomic mass is 15.2. The molecule has 40 heavy (non-hydrogen) atoms. The standard InChI is InChI=1S/C37H27BN2/c1-4-14-27(15-5-1)29-24-35-37-36(25-29)40(31-19-8-3-9-20-31)34-23-13-12-22-33(34)38(37)32-21-11-10-16-28(32)26-39(35)30-17-6-2-7-18-30/h1-25H,26H2. The average Bonchev–Trinajstić information content (AvgIpc) is 3.18. The highest BCUT2D eigenvalue weighted by Gasteiger charge is 2.41. The molecule has 0 saturated carbocycles. The lowest BCUT2D eigenvalue weighted by atomic mass is 9.34. The molecular weight excluding hydrogens is 483 g/mol. The fourth-order valence-electron chi connectivity index (χ4n) is 6.58. The number of para-hydroxylation sites is 3. The maximum Gasteiger partial charge on any atom is 0.249 e. The zero-order valence-electron chi connectivity index (χ0n) is 22.1. The molecule has 0 aromatic heterocycles. The Bertz CT molecular complexity index is 1830. The van der Waals surface area contributed by atoms with Gasteiger partial charge in [0.2, 0.25) is 6.71 Å².